The monoisotopic (exact) mass is 306 g/mol. The highest BCUT2D eigenvalue weighted by molar-refractivity contribution is 6.37. The Bertz CT molecular complexity index is 453. The number of aromatic nitrogens is 1. The molecule has 2 rings (SSSR count). The molecule has 2 heterocycles. The number of hydrazine groups is 1. The van der Waals surface area contributed by atoms with Gasteiger partial charge in [-0.05, 0) is 18.9 Å². The van der Waals surface area contributed by atoms with Gasteiger partial charge in [0, 0.05) is 13.2 Å². The van der Waals surface area contributed by atoms with Crippen molar-refractivity contribution in [1.29, 1.82) is 0 Å². The molecule has 0 unspecified atom stereocenters. The number of nitrogens with one attached hydrogen (secondary N) is 2. The third-order valence-electron chi connectivity index (χ3n) is 3.20. The first kappa shape index (κ1) is 14.6. The highest BCUT2D eigenvalue weighted by Gasteiger charge is 2.33. The third-order valence-corrected chi connectivity index (χ3v) is 3.78. The molecule has 19 heavy (non-hydrogen) atoms. The Balaban J connectivity index is 2.26. The van der Waals surface area contributed by atoms with Crippen molar-refractivity contribution in [3.63, 3.8) is 0 Å². The standard InChI is InChI=1S/C11H16Cl2N4O2/c12-7-5-8(13)10(17-14)15-9(7)16-11(6-18)1-3-19-4-2-11/h5,18H,1-4,6,14H2,(H2,15,16,17). The SMILES string of the molecule is NNc1nc(NC2(CO)CCOCC2)c(Cl)cc1Cl. The first-order chi connectivity index (χ1) is 9.10. The van der Waals surface area contributed by atoms with Crippen molar-refractivity contribution in [3.05, 3.63) is 16.1 Å². The van der Waals surface area contributed by atoms with E-state index in [0.29, 0.717) is 47.7 Å². The molecular formula is C11H16Cl2N4O2. The number of hydrogen-bond acceptors (Lipinski definition) is 6. The molecule has 1 aromatic heterocycles. The maximum absolute atomic E-state index is 9.62. The van der Waals surface area contributed by atoms with E-state index < -0.39 is 5.54 Å². The zero-order valence-corrected chi connectivity index (χ0v) is 11.8. The van der Waals surface area contributed by atoms with Crippen LogP contribution in [0.25, 0.3) is 0 Å². The van der Waals surface area contributed by atoms with Crippen molar-refractivity contribution in [1.82, 2.24) is 4.98 Å². The second-order valence-electron chi connectivity index (χ2n) is 4.47. The number of nitrogens with zero attached hydrogens (tertiary/aromatic N) is 1. The van der Waals surface area contributed by atoms with E-state index in [1.807, 2.05) is 0 Å². The minimum absolute atomic E-state index is 0.0254. The molecular weight excluding hydrogens is 291 g/mol. The second-order valence-corrected chi connectivity index (χ2v) is 5.28. The van der Waals surface area contributed by atoms with Crippen LogP contribution in [-0.4, -0.2) is 35.5 Å². The molecule has 106 valence electrons. The summed E-state index contributed by atoms with van der Waals surface area (Å²) < 4.78 is 5.30. The van der Waals surface area contributed by atoms with Crippen LogP contribution in [0.2, 0.25) is 10.0 Å². The smallest absolute Gasteiger partial charge is 0.161 e. The summed E-state index contributed by atoms with van der Waals surface area (Å²) >= 11 is 12.0. The molecule has 1 aliphatic heterocycles. The number of nitrogen functional groups attached to an aromatic ring is 1. The fraction of sp³-hybridized carbons (Fsp3) is 0.545. The van der Waals surface area contributed by atoms with E-state index in [1.54, 1.807) is 6.07 Å². The molecule has 0 aromatic carbocycles. The summed E-state index contributed by atoms with van der Waals surface area (Å²) in [7, 11) is 0. The molecule has 1 saturated heterocycles. The van der Waals surface area contributed by atoms with Crippen LogP contribution in [-0.2, 0) is 4.74 Å². The molecule has 0 radical (unpaired) electrons. The molecule has 0 spiro atoms. The van der Waals surface area contributed by atoms with Gasteiger partial charge in [-0.25, -0.2) is 10.8 Å². The Morgan fingerprint density at radius 1 is 1.32 bits per heavy atom. The van der Waals surface area contributed by atoms with Gasteiger partial charge in [-0.3, -0.25) is 0 Å². The van der Waals surface area contributed by atoms with Gasteiger partial charge in [-0.1, -0.05) is 23.2 Å². The van der Waals surface area contributed by atoms with E-state index in [-0.39, 0.29) is 6.61 Å². The summed E-state index contributed by atoms with van der Waals surface area (Å²) in [5, 5.41) is 13.5. The van der Waals surface area contributed by atoms with Crippen LogP contribution in [0.15, 0.2) is 6.07 Å². The topological polar surface area (TPSA) is 92.4 Å². The maximum Gasteiger partial charge on any atom is 0.161 e. The predicted octanol–water partition coefficient (Wildman–Crippen LogP) is 1.63. The molecule has 1 aliphatic rings. The predicted molar refractivity (Wildman–Crippen MR) is 75.6 cm³/mol. The average Bonchev–Trinajstić information content (AvgIpc) is 2.43. The van der Waals surface area contributed by atoms with Crippen LogP contribution in [0.5, 0.6) is 0 Å². The number of hydrogen-bond donors (Lipinski definition) is 4. The number of aliphatic hydroxyl groups is 1. The van der Waals surface area contributed by atoms with E-state index in [9.17, 15) is 5.11 Å². The number of pyridine rings is 1. The van der Waals surface area contributed by atoms with Gasteiger partial charge < -0.3 is 20.6 Å². The summed E-state index contributed by atoms with van der Waals surface area (Å²) in [6, 6.07) is 1.55. The van der Waals surface area contributed by atoms with E-state index in [1.165, 1.54) is 0 Å². The van der Waals surface area contributed by atoms with Crippen molar-refractivity contribution in [3.8, 4) is 0 Å². The number of aliphatic hydroxyl groups excluding tert-OH is 1. The molecule has 0 saturated carbocycles. The zero-order chi connectivity index (χ0) is 13.9. The fourth-order valence-corrected chi connectivity index (χ4v) is 2.45. The fourth-order valence-electron chi connectivity index (χ4n) is 1.99. The minimum Gasteiger partial charge on any atom is -0.394 e. The summed E-state index contributed by atoms with van der Waals surface area (Å²) in [6.45, 7) is 1.14. The summed E-state index contributed by atoms with van der Waals surface area (Å²) in [6.07, 6.45) is 1.35. The number of halogens is 2. The normalized spacial score (nSPS) is 18.1. The lowest BCUT2D eigenvalue weighted by atomic mass is 9.91. The number of nitrogens with two attached hydrogens (primary N) is 1. The Morgan fingerprint density at radius 2 is 1.95 bits per heavy atom. The quantitative estimate of drug-likeness (QED) is 0.499. The number of ether oxygens (including phenoxy) is 1. The van der Waals surface area contributed by atoms with E-state index in [0.717, 1.165) is 0 Å². The molecule has 0 aliphatic carbocycles. The van der Waals surface area contributed by atoms with Crippen LogP contribution in [0.3, 0.4) is 0 Å². The lowest BCUT2D eigenvalue weighted by Gasteiger charge is -2.37. The zero-order valence-electron chi connectivity index (χ0n) is 10.2. The van der Waals surface area contributed by atoms with Crippen molar-refractivity contribution >= 4 is 34.8 Å². The van der Waals surface area contributed by atoms with E-state index in [4.69, 9.17) is 33.8 Å². The van der Waals surface area contributed by atoms with Gasteiger partial charge >= 0.3 is 0 Å². The van der Waals surface area contributed by atoms with E-state index in [2.05, 4.69) is 15.7 Å². The largest absolute Gasteiger partial charge is 0.394 e. The van der Waals surface area contributed by atoms with Gasteiger partial charge in [-0.15, -0.1) is 0 Å². The molecule has 1 fully saturated rings. The summed E-state index contributed by atoms with van der Waals surface area (Å²) in [5.41, 5.74) is 1.92. The second kappa shape index (κ2) is 6.11. The maximum atomic E-state index is 9.62. The van der Waals surface area contributed by atoms with Gasteiger partial charge in [0.05, 0.1) is 22.2 Å². The highest BCUT2D eigenvalue weighted by atomic mass is 35.5. The van der Waals surface area contributed by atoms with Crippen molar-refractivity contribution < 1.29 is 9.84 Å². The van der Waals surface area contributed by atoms with Gasteiger partial charge in [0.15, 0.2) is 5.82 Å². The van der Waals surface area contributed by atoms with Crippen LogP contribution in [0.1, 0.15) is 12.8 Å². The molecule has 1 aromatic rings. The van der Waals surface area contributed by atoms with Gasteiger partial charge in [0.1, 0.15) is 5.82 Å². The first-order valence-electron chi connectivity index (χ1n) is 5.90. The van der Waals surface area contributed by atoms with Crippen LogP contribution in [0, 0.1) is 0 Å². The highest BCUT2D eigenvalue weighted by Crippen LogP contribution is 2.32. The molecule has 6 nitrogen and oxygen atoms in total. The molecule has 0 amide bonds. The summed E-state index contributed by atoms with van der Waals surface area (Å²) in [4.78, 5) is 4.21. The van der Waals surface area contributed by atoms with Crippen LogP contribution < -0.4 is 16.6 Å². The van der Waals surface area contributed by atoms with Gasteiger partial charge in [-0.2, -0.15) is 0 Å². The molecule has 0 bridgehead atoms. The van der Waals surface area contributed by atoms with E-state index >= 15 is 0 Å². The Morgan fingerprint density at radius 3 is 2.53 bits per heavy atom. The minimum atomic E-state index is -0.478. The Labute approximate surface area is 121 Å². The first-order valence-corrected chi connectivity index (χ1v) is 6.65. The Kier molecular flexibility index (Phi) is 4.70. The van der Waals surface area contributed by atoms with Gasteiger partial charge in [0.25, 0.3) is 0 Å². The van der Waals surface area contributed by atoms with Crippen molar-refractivity contribution in [2.45, 2.75) is 18.4 Å². The molecule has 5 N–H and O–H groups in total. The molecule has 0 atom stereocenters. The molecule has 8 heteroatoms. The Hall–Kier alpha value is -0.790. The number of anilines is 2. The third kappa shape index (κ3) is 3.21. The van der Waals surface area contributed by atoms with Crippen LogP contribution >= 0.6 is 23.2 Å². The summed E-state index contributed by atoms with van der Waals surface area (Å²) in [5.74, 6) is 6.10. The average molecular weight is 307 g/mol. The number of rotatable bonds is 4. The van der Waals surface area contributed by atoms with Crippen LogP contribution in [0.4, 0.5) is 11.6 Å². The van der Waals surface area contributed by atoms with Gasteiger partial charge in [0.2, 0.25) is 0 Å². The lowest BCUT2D eigenvalue weighted by Crippen LogP contribution is -2.47. The van der Waals surface area contributed by atoms with Crippen molar-refractivity contribution in [2.24, 2.45) is 5.84 Å². The lowest BCUT2D eigenvalue weighted by molar-refractivity contribution is 0.0378. The van der Waals surface area contributed by atoms with Crippen molar-refractivity contribution in [2.75, 3.05) is 30.6 Å².